The molecule has 0 heterocycles. The molecule has 0 spiro atoms. The molecule has 0 aliphatic heterocycles. The fraction of sp³-hybridized carbons (Fsp3) is 0.923. The average Bonchev–Trinajstić information content (AvgIpc) is 2.94. The van der Waals surface area contributed by atoms with Gasteiger partial charge in [-0.3, -0.25) is 9.59 Å². The summed E-state index contributed by atoms with van der Waals surface area (Å²) in [6.45, 7) is 10.2. The van der Waals surface area contributed by atoms with Gasteiger partial charge in [-0.1, -0.05) is 0 Å². The summed E-state index contributed by atoms with van der Waals surface area (Å²) in [6, 6.07) is 0.117. The van der Waals surface area contributed by atoms with Gasteiger partial charge in [0.2, 0.25) is 11.8 Å². The molecule has 0 rings (SSSR count). The number of carbonyl (C=O) groups is 2. The monoisotopic (exact) mass is 599 g/mol. The van der Waals surface area contributed by atoms with E-state index in [4.69, 9.17) is 43.6 Å². The van der Waals surface area contributed by atoms with Crippen LogP contribution in [0.1, 0.15) is 26.2 Å². The van der Waals surface area contributed by atoms with Crippen LogP contribution in [0.5, 0.6) is 0 Å². The molecule has 13 nitrogen and oxygen atoms in total. The zero-order chi connectivity index (χ0) is 29.4. The molecule has 0 radical (unpaired) electrons. The smallest absolute Gasteiger partial charge is 0.239 e. The van der Waals surface area contributed by atoms with Crippen LogP contribution in [0.4, 0.5) is 0 Å². The van der Waals surface area contributed by atoms with Crippen LogP contribution in [0.2, 0.25) is 0 Å². The molecule has 238 valence electrons. The molecule has 4 N–H and O–H groups in total. The Bertz CT molecular complexity index is 565. The van der Waals surface area contributed by atoms with Crippen molar-refractivity contribution in [1.29, 1.82) is 0 Å². The Morgan fingerprint density at radius 2 is 0.975 bits per heavy atom. The van der Waals surface area contributed by atoms with Crippen LogP contribution < -0.4 is 16.4 Å². The summed E-state index contributed by atoms with van der Waals surface area (Å²) in [6.07, 6.45) is 1.84. The van der Waals surface area contributed by atoms with Gasteiger partial charge < -0.3 is 54.3 Å². The number of nitrogens with two attached hydrogens (primary N) is 1. The second kappa shape index (κ2) is 32.4. The van der Waals surface area contributed by atoms with Crippen LogP contribution >= 0.6 is 12.6 Å². The van der Waals surface area contributed by atoms with Gasteiger partial charge in [0.05, 0.1) is 112 Å². The van der Waals surface area contributed by atoms with Gasteiger partial charge in [0.1, 0.15) is 0 Å². The maximum Gasteiger partial charge on any atom is 0.239 e. The van der Waals surface area contributed by atoms with Gasteiger partial charge >= 0.3 is 0 Å². The SMILES string of the molecule is CC(N)CCCNC(=O)CNC(=O)CCOCCOCCOCCOCCOCCOCCOCCOCCS. The van der Waals surface area contributed by atoms with Gasteiger partial charge in [-0.05, 0) is 19.8 Å². The Balaban J connectivity index is 3.19. The highest BCUT2D eigenvalue weighted by molar-refractivity contribution is 7.80. The van der Waals surface area contributed by atoms with Gasteiger partial charge in [-0.15, -0.1) is 0 Å². The number of amides is 2. The van der Waals surface area contributed by atoms with E-state index in [0.717, 1.165) is 12.8 Å². The summed E-state index contributed by atoms with van der Waals surface area (Å²) in [5.74, 6) is 0.264. The third-order valence-corrected chi connectivity index (χ3v) is 5.10. The van der Waals surface area contributed by atoms with Gasteiger partial charge in [-0.2, -0.15) is 12.6 Å². The number of carbonyl (C=O) groups excluding carboxylic acids is 2. The van der Waals surface area contributed by atoms with Crippen molar-refractivity contribution in [3.05, 3.63) is 0 Å². The van der Waals surface area contributed by atoms with E-state index < -0.39 is 0 Å². The van der Waals surface area contributed by atoms with E-state index in [9.17, 15) is 9.59 Å². The molecule has 0 aromatic heterocycles. The van der Waals surface area contributed by atoms with Crippen molar-refractivity contribution < 1.29 is 47.5 Å². The molecule has 2 amide bonds. The van der Waals surface area contributed by atoms with E-state index >= 15 is 0 Å². The molecular formula is C26H53N3O10S. The van der Waals surface area contributed by atoms with E-state index in [2.05, 4.69) is 23.3 Å². The first kappa shape index (κ1) is 38.9. The first-order valence-corrected chi connectivity index (χ1v) is 14.7. The summed E-state index contributed by atoms with van der Waals surface area (Å²) in [4.78, 5) is 23.4. The lowest BCUT2D eigenvalue weighted by atomic mass is 10.2. The molecular weight excluding hydrogens is 546 g/mol. The van der Waals surface area contributed by atoms with Gasteiger partial charge in [0.15, 0.2) is 0 Å². The Morgan fingerprint density at radius 1 is 0.600 bits per heavy atom. The number of thiol groups is 1. The fourth-order valence-corrected chi connectivity index (χ4v) is 2.98. The molecule has 0 saturated carbocycles. The van der Waals surface area contributed by atoms with Crippen molar-refractivity contribution in [2.75, 3.05) is 125 Å². The Labute approximate surface area is 245 Å². The standard InChI is InChI=1S/C26H53N3O10S/c1-24(27)3-2-5-28-26(31)23-29-25(30)4-6-32-7-8-33-9-10-34-11-12-35-13-14-36-15-16-37-17-18-38-19-20-39-21-22-40/h24,40H,2-23,27H2,1H3,(H,28,31)(H,29,30). The normalized spacial score (nSPS) is 12.0. The maximum atomic E-state index is 11.7. The predicted molar refractivity (Wildman–Crippen MR) is 154 cm³/mol. The second-order valence-corrected chi connectivity index (χ2v) is 9.07. The Morgan fingerprint density at radius 3 is 1.35 bits per heavy atom. The zero-order valence-electron chi connectivity index (χ0n) is 24.2. The van der Waals surface area contributed by atoms with Crippen molar-refractivity contribution in [3.63, 3.8) is 0 Å². The first-order chi connectivity index (χ1) is 19.6. The lowest BCUT2D eigenvalue weighted by Crippen LogP contribution is -2.37. The lowest BCUT2D eigenvalue weighted by molar-refractivity contribution is -0.126. The third kappa shape index (κ3) is 33.1. The molecule has 40 heavy (non-hydrogen) atoms. The summed E-state index contributed by atoms with van der Waals surface area (Å²) in [5, 5.41) is 5.31. The summed E-state index contributed by atoms with van der Waals surface area (Å²) < 4.78 is 43.1. The molecule has 0 aromatic carbocycles. The fourth-order valence-electron chi connectivity index (χ4n) is 2.85. The van der Waals surface area contributed by atoms with Gasteiger partial charge in [0, 0.05) is 24.8 Å². The van der Waals surface area contributed by atoms with Crippen molar-refractivity contribution >= 4 is 24.4 Å². The Hall–Kier alpha value is -1.07. The highest BCUT2D eigenvalue weighted by atomic mass is 32.1. The molecule has 0 aliphatic carbocycles. The third-order valence-electron chi connectivity index (χ3n) is 4.92. The van der Waals surface area contributed by atoms with E-state index in [-0.39, 0.29) is 37.4 Å². The molecule has 1 unspecified atom stereocenters. The molecule has 0 fully saturated rings. The lowest BCUT2D eigenvalue weighted by Gasteiger charge is -2.09. The van der Waals surface area contributed by atoms with E-state index in [1.54, 1.807) is 0 Å². The van der Waals surface area contributed by atoms with Crippen molar-refractivity contribution in [1.82, 2.24) is 10.6 Å². The van der Waals surface area contributed by atoms with E-state index in [1.807, 2.05) is 6.92 Å². The minimum absolute atomic E-state index is 0.0415. The maximum absolute atomic E-state index is 11.7. The largest absolute Gasteiger partial charge is 0.379 e. The minimum atomic E-state index is -0.234. The molecule has 0 aromatic rings. The number of rotatable bonds is 32. The van der Waals surface area contributed by atoms with Crippen molar-refractivity contribution in [2.24, 2.45) is 5.73 Å². The van der Waals surface area contributed by atoms with E-state index in [1.165, 1.54) is 0 Å². The predicted octanol–water partition coefficient (Wildman–Crippen LogP) is -0.201. The topological polar surface area (TPSA) is 158 Å². The average molecular weight is 600 g/mol. The molecule has 1 atom stereocenters. The summed E-state index contributed by atoms with van der Waals surface area (Å²) in [5.41, 5.74) is 5.65. The van der Waals surface area contributed by atoms with Crippen molar-refractivity contribution in [2.45, 2.75) is 32.2 Å². The van der Waals surface area contributed by atoms with Crippen LogP contribution in [0.15, 0.2) is 0 Å². The van der Waals surface area contributed by atoms with Crippen LogP contribution in [-0.4, -0.2) is 142 Å². The minimum Gasteiger partial charge on any atom is -0.379 e. The molecule has 0 aliphatic rings. The zero-order valence-corrected chi connectivity index (χ0v) is 25.1. The van der Waals surface area contributed by atoms with Crippen LogP contribution in [0.25, 0.3) is 0 Å². The van der Waals surface area contributed by atoms with Crippen LogP contribution in [0, 0.1) is 0 Å². The van der Waals surface area contributed by atoms with Gasteiger partial charge in [0.25, 0.3) is 0 Å². The van der Waals surface area contributed by atoms with Crippen LogP contribution in [0.3, 0.4) is 0 Å². The number of hydrogen-bond acceptors (Lipinski definition) is 12. The van der Waals surface area contributed by atoms with Gasteiger partial charge in [-0.25, -0.2) is 0 Å². The van der Waals surface area contributed by atoms with Crippen molar-refractivity contribution in [3.8, 4) is 0 Å². The Kier molecular flexibility index (Phi) is 31.6. The molecule has 14 heteroatoms. The quantitative estimate of drug-likeness (QED) is 0.0599. The highest BCUT2D eigenvalue weighted by Crippen LogP contribution is 1.91. The highest BCUT2D eigenvalue weighted by Gasteiger charge is 2.05. The molecule has 0 saturated heterocycles. The summed E-state index contributed by atoms with van der Waals surface area (Å²) in [7, 11) is 0. The molecule has 0 bridgehead atoms. The number of hydrogen-bond donors (Lipinski definition) is 4. The number of nitrogens with one attached hydrogen (secondary N) is 2. The second-order valence-electron chi connectivity index (χ2n) is 8.62. The van der Waals surface area contributed by atoms with E-state index in [0.29, 0.717) is 111 Å². The summed E-state index contributed by atoms with van der Waals surface area (Å²) >= 11 is 4.06. The first-order valence-electron chi connectivity index (χ1n) is 14.1. The van der Waals surface area contributed by atoms with Crippen LogP contribution in [-0.2, 0) is 47.5 Å². The number of ether oxygens (including phenoxy) is 8.